The third-order valence-corrected chi connectivity index (χ3v) is 4.24. The zero-order valence-electron chi connectivity index (χ0n) is 11.8. The van der Waals surface area contributed by atoms with Crippen molar-refractivity contribution in [3.63, 3.8) is 0 Å². The van der Waals surface area contributed by atoms with Crippen LogP contribution in [0.5, 0.6) is 0 Å². The number of benzene rings is 2. The largest absolute Gasteiger partial charge is 0.316 e. The van der Waals surface area contributed by atoms with Crippen LogP contribution in [0.25, 0.3) is 22.0 Å². The third kappa shape index (κ3) is 2.30. The predicted molar refractivity (Wildman–Crippen MR) is 85.2 cm³/mol. The summed E-state index contributed by atoms with van der Waals surface area (Å²) in [7, 11) is 0. The third-order valence-electron chi connectivity index (χ3n) is 4.24. The van der Waals surface area contributed by atoms with E-state index in [1.165, 1.54) is 23.1 Å². The van der Waals surface area contributed by atoms with Gasteiger partial charge in [-0.15, -0.1) is 0 Å². The lowest BCUT2D eigenvalue weighted by atomic mass is 9.92. The van der Waals surface area contributed by atoms with E-state index in [9.17, 15) is 0 Å². The molecule has 3 heteroatoms. The molecular weight excluding hydrogens is 258 g/mol. The van der Waals surface area contributed by atoms with Crippen molar-refractivity contribution >= 4 is 10.9 Å². The zero-order chi connectivity index (χ0) is 14.1. The van der Waals surface area contributed by atoms with Gasteiger partial charge in [0.1, 0.15) is 6.33 Å². The van der Waals surface area contributed by atoms with E-state index in [1.54, 1.807) is 6.33 Å². The van der Waals surface area contributed by atoms with E-state index in [2.05, 4.69) is 57.7 Å². The topological polar surface area (TPSA) is 37.8 Å². The summed E-state index contributed by atoms with van der Waals surface area (Å²) in [5.41, 5.74) is 4.94. The van der Waals surface area contributed by atoms with Gasteiger partial charge in [-0.2, -0.15) is 0 Å². The van der Waals surface area contributed by atoms with Crippen LogP contribution in [0, 0.1) is 0 Å². The van der Waals surface area contributed by atoms with E-state index in [0.717, 1.165) is 24.0 Å². The molecule has 0 radical (unpaired) electrons. The van der Waals surface area contributed by atoms with Crippen LogP contribution in [0.15, 0.2) is 55.0 Å². The number of hydrogen-bond donors (Lipinski definition) is 1. The number of nitrogens with zero attached hydrogens (tertiary/aromatic N) is 2. The van der Waals surface area contributed by atoms with Crippen molar-refractivity contribution in [3.05, 3.63) is 60.6 Å². The first-order valence-electron chi connectivity index (χ1n) is 7.41. The van der Waals surface area contributed by atoms with E-state index in [1.807, 2.05) is 6.20 Å². The number of hydrogen-bond acceptors (Lipinski definition) is 3. The molecule has 1 atom stereocenters. The van der Waals surface area contributed by atoms with E-state index in [0.29, 0.717) is 5.92 Å². The monoisotopic (exact) mass is 275 g/mol. The quantitative estimate of drug-likeness (QED) is 0.779. The molecule has 2 heterocycles. The standard InChI is InChI=1S/C18H17N3/c1-2-4-13(5-3-1)15-8-16-11-20-12-21-18(16)17(9-15)14-6-7-19-10-14/h1-5,8-9,11-12,14,19H,6-7,10H2. The molecule has 1 aliphatic heterocycles. The van der Waals surface area contributed by atoms with Gasteiger partial charge in [0.25, 0.3) is 0 Å². The Morgan fingerprint density at radius 2 is 1.95 bits per heavy atom. The summed E-state index contributed by atoms with van der Waals surface area (Å²) in [6.07, 6.45) is 4.74. The fourth-order valence-corrected chi connectivity index (χ4v) is 3.16. The van der Waals surface area contributed by atoms with Gasteiger partial charge in [-0.25, -0.2) is 9.97 Å². The maximum Gasteiger partial charge on any atom is 0.116 e. The van der Waals surface area contributed by atoms with E-state index >= 15 is 0 Å². The summed E-state index contributed by atoms with van der Waals surface area (Å²) < 4.78 is 0. The van der Waals surface area contributed by atoms with E-state index < -0.39 is 0 Å². The highest BCUT2D eigenvalue weighted by Crippen LogP contribution is 2.32. The summed E-state index contributed by atoms with van der Waals surface area (Å²) in [6.45, 7) is 2.13. The maximum atomic E-state index is 4.52. The molecule has 3 nitrogen and oxygen atoms in total. The van der Waals surface area contributed by atoms with Gasteiger partial charge in [0, 0.05) is 18.1 Å². The first kappa shape index (κ1) is 12.5. The second-order valence-electron chi connectivity index (χ2n) is 5.58. The van der Waals surface area contributed by atoms with Gasteiger partial charge < -0.3 is 5.32 Å². The van der Waals surface area contributed by atoms with E-state index in [-0.39, 0.29) is 0 Å². The molecule has 0 aliphatic carbocycles. The van der Waals surface area contributed by atoms with Gasteiger partial charge >= 0.3 is 0 Å². The van der Waals surface area contributed by atoms with Gasteiger partial charge in [0.15, 0.2) is 0 Å². The van der Waals surface area contributed by atoms with Crippen molar-refractivity contribution in [1.82, 2.24) is 15.3 Å². The molecule has 3 aromatic rings. The normalized spacial score (nSPS) is 18.2. The van der Waals surface area contributed by atoms with Gasteiger partial charge in [0.05, 0.1) is 5.52 Å². The lowest BCUT2D eigenvalue weighted by molar-refractivity contribution is 0.768. The summed E-state index contributed by atoms with van der Waals surface area (Å²) >= 11 is 0. The van der Waals surface area contributed by atoms with Crippen LogP contribution in [0.3, 0.4) is 0 Å². The molecule has 0 amide bonds. The molecule has 104 valence electrons. The molecule has 0 spiro atoms. The Kier molecular flexibility index (Phi) is 3.13. The number of aromatic nitrogens is 2. The number of fused-ring (bicyclic) bond motifs is 1. The molecule has 2 aromatic carbocycles. The summed E-state index contributed by atoms with van der Waals surface area (Å²) in [5.74, 6) is 0.547. The SMILES string of the molecule is c1ccc(-c2cc(C3CCNC3)c3ncncc3c2)cc1. The average Bonchev–Trinajstić information content (AvgIpc) is 3.09. The molecule has 1 aliphatic rings. The summed E-state index contributed by atoms with van der Waals surface area (Å²) in [6, 6.07) is 15.0. The zero-order valence-corrected chi connectivity index (χ0v) is 11.8. The Morgan fingerprint density at radius 3 is 2.76 bits per heavy atom. The van der Waals surface area contributed by atoms with Crippen molar-refractivity contribution in [3.8, 4) is 11.1 Å². The van der Waals surface area contributed by atoms with Crippen LogP contribution < -0.4 is 5.32 Å². The Labute approximate surface area is 124 Å². The second-order valence-corrected chi connectivity index (χ2v) is 5.58. The summed E-state index contributed by atoms with van der Waals surface area (Å²) in [5, 5.41) is 4.58. The van der Waals surface area contributed by atoms with Crippen molar-refractivity contribution < 1.29 is 0 Å². The minimum atomic E-state index is 0.547. The second kappa shape index (κ2) is 5.26. The molecule has 0 bridgehead atoms. The molecule has 1 aromatic heterocycles. The Morgan fingerprint density at radius 1 is 1.05 bits per heavy atom. The molecule has 1 unspecified atom stereocenters. The van der Waals surface area contributed by atoms with Crippen LogP contribution >= 0.6 is 0 Å². The highest BCUT2D eigenvalue weighted by Gasteiger charge is 2.20. The van der Waals surface area contributed by atoms with Crippen molar-refractivity contribution in [1.29, 1.82) is 0 Å². The number of nitrogens with one attached hydrogen (secondary N) is 1. The summed E-state index contributed by atoms with van der Waals surface area (Å²) in [4.78, 5) is 8.71. The smallest absolute Gasteiger partial charge is 0.116 e. The molecule has 1 saturated heterocycles. The Bertz CT molecular complexity index is 762. The van der Waals surface area contributed by atoms with Crippen LogP contribution in [0.1, 0.15) is 17.9 Å². The molecule has 1 N–H and O–H groups in total. The first-order chi connectivity index (χ1) is 10.4. The van der Waals surface area contributed by atoms with Gasteiger partial charge in [-0.3, -0.25) is 0 Å². The average molecular weight is 275 g/mol. The minimum absolute atomic E-state index is 0.547. The lowest BCUT2D eigenvalue weighted by Crippen LogP contribution is -2.08. The van der Waals surface area contributed by atoms with Crippen molar-refractivity contribution in [2.75, 3.05) is 13.1 Å². The van der Waals surface area contributed by atoms with Gasteiger partial charge in [-0.05, 0) is 47.7 Å². The van der Waals surface area contributed by atoms with E-state index in [4.69, 9.17) is 0 Å². The Balaban J connectivity index is 1.93. The molecular formula is C18H17N3. The predicted octanol–water partition coefficient (Wildman–Crippen LogP) is 3.37. The van der Waals surface area contributed by atoms with Crippen LogP contribution in [-0.2, 0) is 0 Å². The molecule has 4 rings (SSSR count). The minimum Gasteiger partial charge on any atom is -0.316 e. The first-order valence-corrected chi connectivity index (χ1v) is 7.41. The van der Waals surface area contributed by atoms with Crippen molar-refractivity contribution in [2.45, 2.75) is 12.3 Å². The van der Waals surface area contributed by atoms with Crippen LogP contribution in [0.2, 0.25) is 0 Å². The van der Waals surface area contributed by atoms with Gasteiger partial charge in [-0.1, -0.05) is 30.3 Å². The molecule has 21 heavy (non-hydrogen) atoms. The van der Waals surface area contributed by atoms with Gasteiger partial charge in [0.2, 0.25) is 0 Å². The lowest BCUT2D eigenvalue weighted by Gasteiger charge is -2.14. The fraction of sp³-hybridized carbons (Fsp3) is 0.222. The number of rotatable bonds is 2. The highest BCUT2D eigenvalue weighted by molar-refractivity contribution is 5.87. The highest BCUT2D eigenvalue weighted by atomic mass is 14.9. The fourth-order valence-electron chi connectivity index (χ4n) is 3.16. The van der Waals surface area contributed by atoms with Crippen molar-refractivity contribution in [2.24, 2.45) is 0 Å². The maximum absolute atomic E-state index is 4.52. The molecule has 0 saturated carbocycles. The van der Waals surface area contributed by atoms with Crippen LogP contribution in [0.4, 0.5) is 0 Å². The Hall–Kier alpha value is -2.26. The van der Waals surface area contributed by atoms with Crippen LogP contribution in [-0.4, -0.2) is 23.1 Å². The molecule has 1 fully saturated rings.